The summed E-state index contributed by atoms with van der Waals surface area (Å²) in [6, 6.07) is 20.7. The quantitative estimate of drug-likeness (QED) is 0.460. The zero-order valence-electron chi connectivity index (χ0n) is 19.5. The first-order chi connectivity index (χ1) is 16.8. The van der Waals surface area contributed by atoms with Crippen molar-refractivity contribution in [3.63, 3.8) is 0 Å². The fourth-order valence-electron chi connectivity index (χ4n) is 4.35. The number of carbonyl (C=O) groups is 2. The van der Waals surface area contributed by atoms with E-state index in [1.54, 1.807) is 49.5 Å². The van der Waals surface area contributed by atoms with Gasteiger partial charge in [-0.3, -0.25) is 10.1 Å². The number of amides is 3. The fraction of sp³-hybridized carbons (Fsp3) is 0.148. The summed E-state index contributed by atoms with van der Waals surface area (Å²) in [7, 11) is 3.46. The number of para-hydroxylation sites is 1. The summed E-state index contributed by atoms with van der Waals surface area (Å²) < 4.78 is 16.6. The number of aryl methyl sites for hydroxylation is 2. The molecular formula is C27H24FN5O2. The number of benzene rings is 3. The molecule has 2 heterocycles. The van der Waals surface area contributed by atoms with E-state index in [0.717, 1.165) is 16.5 Å². The molecule has 1 aliphatic heterocycles. The summed E-state index contributed by atoms with van der Waals surface area (Å²) >= 11 is 0. The van der Waals surface area contributed by atoms with Crippen molar-refractivity contribution in [2.75, 3.05) is 17.3 Å². The van der Waals surface area contributed by atoms with E-state index in [1.807, 2.05) is 42.8 Å². The van der Waals surface area contributed by atoms with E-state index in [4.69, 9.17) is 0 Å². The Morgan fingerprint density at radius 3 is 2.46 bits per heavy atom. The lowest BCUT2D eigenvalue weighted by molar-refractivity contribution is -0.119. The molecule has 176 valence electrons. The predicted molar refractivity (Wildman–Crippen MR) is 135 cm³/mol. The van der Waals surface area contributed by atoms with Crippen molar-refractivity contribution in [3.05, 3.63) is 95.3 Å². The Balaban J connectivity index is 1.50. The Kier molecular flexibility index (Phi) is 5.56. The molecule has 2 N–H and O–H groups in total. The van der Waals surface area contributed by atoms with Crippen molar-refractivity contribution >= 4 is 40.1 Å². The monoisotopic (exact) mass is 469 g/mol. The van der Waals surface area contributed by atoms with Crippen LogP contribution in [0.5, 0.6) is 0 Å². The summed E-state index contributed by atoms with van der Waals surface area (Å²) in [4.78, 5) is 32.2. The van der Waals surface area contributed by atoms with Crippen LogP contribution in [0.4, 0.5) is 20.7 Å². The Morgan fingerprint density at radius 2 is 1.69 bits per heavy atom. The molecule has 0 bridgehead atoms. The van der Waals surface area contributed by atoms with Gasteiger partial charge in [0.25, 0.3) is 5.91 Å². The van der Waals surface area contributed by atoms with Gasteiger partial charge in [-0.1, -0.05) is 42.0 Å². The third-order valence-electron chi connectivity index (χ3n) is 6.18. The van der Waals surface area contributed by atoms with Crippen LogP contribution in [0.25, 0.3) is 10.9 Å². The van der Waals surface area contributed by atoms with Crippen LogP contribution in [-0.4, -0.2) is 35.4 Å². The number of nitrogens with one attached hydrogen (secondary N) is 2. The molecule has 0 saturated carbocycles. The molecule has 1 unspecified atom stereocenters. The molecule has 3 amide bonds. The molecule has 1 aliphatic rings. The van der Waals surface area contributed by atoms with Crippen LogP contribution in [0.1, 0.15) is 16.7 Å². The number of carbonyl (C=O) groups excluding carboxylic acids is 2. The van der Waals surface area contributed by atoms with Gasteiger partial charge in [-0.05, 0) is 43.3 Å². The predicted octanol–water partition coefficient (Wildman–Crippen LogP) is 4.59. The van der Waals surface area contributed by atoms with Gasteiger partial charge in [0.05, 0.1) is 11.4 Å². The zero-order chi connectivity index (χ0) is 24.7. The second kappa shape index (κ2) is 8.72. The molecule has 3 aromatic carbocycles. The molecule has 1 atom stereocenters. The van der Waals surface area contributed by atoms with Crippen LogP contribution in [-0.2, 0) is 11.8 Å². The number of hydrogen-bond donors (Lipinski definition) is 2. The van der Waals surface area contributed by atoms with Gasteiger partial charge in [-0.25, -0.2) is 14.2 Å². The zero-order valence-corrected chi connectivity index (χ0v) is 19.5. The molecule has 4 aromatic rings. The Hall–Kier alpha value is -4.46. The lowest BCUT2D eigenvalue weighted by Crippen LogP contribution is -2.47. The van der Waals surface area contributed by atoms with Crippen LogP contribution in [0.2, 0.25) is 0 Å². The minimum atomic E-state index is -1.25. The van der Waals surface area contributed by atoms with Crippen LogP contribution in [0.15, 0.2) is 77.8 Å². The highest BCUT2D eigenvalue weighted by Gasteiger charge is 2.31. The number of aliphatic imine (C=N–C) groups is 1. The molecule has 0 aliphatic carbocycles. The van der Waals surface area contributed by atoms with Gasteiger partial charge in [0.2, 0.25) is 6.17 Å². The van der Waals surface area contributed by atoms with Crippen molar-refractivity contribution in [2.45, 2.75) is 13.1 Å². The second-order valence-electron chi connectivity index (χ2n) is 8.52. The molecule has 0 spiro atoms. The minimum Gasteiger partial charge on any atom is -0.330 e. The number of benzodiazepines with no additional fused rings is 1. The lowest BCUT2D eigenvalue weighted by Gasteiger charge is -2.21. The molecule has 5 rings (SSSR count). The van der Waals surface area contributed by atoms with E-state index < -0.39 is 23.9 Å². The van der Waals surface area contributed by atoms with E-state index in [2.05, 4.69) is 15.6 Å². The number of nitrogens with zero attached hydrogens (tertiary/aromatic N) is 3. The largest absolute Gasteiger partial charge is 0.330 e. The maximum atomic E-state index is 14.8. The van der Waals surface area contributed by atoms with E-state index in [-0.39, 0.29) is 5.56 Å². The van der Waals surface area contributed by atoms with Gasteiger partial charge in [0.1, 0.15) is 11.6 Å². The number of aromatic nitrogens is 1. The first kappa shape index (κ1) is 22.3. The van der Waals surface area contributed by atoms with Gasteiger partial charge in [-0.2, -0.15) is 0 Å². The van der Waals surface area contributed by atoms with E-state index in [1.165, 1.54) is 11.0 Å². The highest BCUT2D eigenvalue weighted by Crippen LogP contribution is 2.28. The number of urea groups is 1. The third kappa shape index (κ3) is 4.03. The number of halogens is 1. The van der Waals surface area contributed by atoms with Crippen molar-refractivity contribution in [3.8, 4) is 0 Å². The van der Waals surface area contributed by atoms with E-state index in [9.17, 15) is 14.0 Å². The third-order valence-corrected chi connectivity index (χ3v) is 6.18. The van der Waals surface area contributed by atoms with Crippen LogP contribution >= 0.6 is 0 Å². The van der Waals surface area contributed by atoms with Crippen molar-refractivity contribution in [1.82, 2.24) is 9.88 Å². The van der Waals surface area contributed by atoms with Crippen LogP contribution in [0, 0.1) is 12.7 Å². The van der Waals surface area contributed by atoms with E-state index in [0.29, 0.717) is 22.8 Å². The topological polar surface area (TPSA) is 78.7 Å². The van der Waals surface area contributed by atoms with Gasteiger partial charge >= 0.3 is 6.03 Å². The average Bonchev–Trinajstić information content (AvgIpc) is 3.10. The second-order valence-corrected chi connectivity index (χ2v) is 8.52. The van der Waals surface area contributed by atoms with Gasteiger partial charge in [-0.15, -0.1) is 0 Å². The van der Waals surface area contributed by atoms with Gasteiger partial charge < -0.3 is 14.8 Å². The summed E-state index contributed by atoms with van der Waals surface area (Å²) in [5.41, 5.74) is 3.80. The summed E-state index contributed by atoms with van der Waals surface area (Å²) in [5, 5.41) is 6.46. The number of fused-ring (bicyclic) bond motifs is 2. The highest BCUT2D eigenvalue weighted by atomic mass is 19.1. The van der Waals surface area contributed by atoms with Crippen LogP contribution in [0.3, 0.4) is 0 Å². The van der Waals surface area contributed by atoms with Crippen molar-refractivity contribution in [2.24, 2.45) is 12.0 Å². The molecule has 8 heteroatoms. The molecule has 1 aromatic heterocycles. The first-order valence-corrected chi connectivity index (χ1v) is 11.2. The first-order valence-electron chi connectivity index (χ1n) is 11.2. The maximum absolute atomic E-state index is 14.8. The van der Waals surface area contributed by atoms with Crippen molar-refractivity contribution < 1.29 is 14.0 Å². The standard InChI is InChI=1S/C27H24FN5O2/c1-16-12-13-21-17(14-16)15-23(32(21)2)29-27(35)31-25-26(34)33(3)22-11-7-5-9-19(22)24(30-25)18-8-4-6-10-20(18)28/h4-15,25H,1-3H3,(H2,29,31,35). The average molecular weight is 470 g/mol. The molecule has 0 saturated heterocycles. The highest BCUT2D eigenvalue weighted by molar-refractivity contribution is 6.20. The lowest BCUT2D eigenvalue weighted by atomic mass is 10.00. The van der Waals surface area contributed by atoms with Crippen LogP contribution < -0.4 is 15.5 Å². The Bertz CT molecular complexity index is 1510. The molecule has 0 fully saturated rings. The van der Waals surface area contributed by atoms with Gasteiger partial charge in [0, 0.05) is 36.1 Å². The fourth-order valence-corrected chi connectivity index (χ4v) is 4.35. The maximum Gasteiger partial charge on any atom is 0.322 e. The number of anilines is 2. The smallest absolute Gasteiger partial charge is 0.322 e. The Labute approximate surface area is 201 Å². The molecular weight excluding hydrogens is 445 g/mol. The van der Waals surface area contributed by atoms with Gasteiger partial charge in [0.15, 0.2) is 0 Å². The van der Waals surface area contributed by atoms with E-state index >= 15 is 0 Å². The van der Waals surface area contributed by atoms with Crippen molar-refractivity contribution in [1.29, 1.82) is 0 Å². The number of hydrogen-bond acceptors (Lipinski definition) is 3. The minimum absolute atomic E-state index is 0.249. The SMILES string of the molecule is Cc1ccc2c(c1)cc(NC(=O)NC1N=C(c3ccccc3F)c3ccccc3N(C)C1=O)n2C. The molecule has 7 nitrogen and oxygen atoms in total. The number of likely N-dealkylation sites (N-methyl/N-ethyl adjacent to an activating group) is 1. The Morgan fingerprint density at radius 1 is 0.971 bits per heavy atom. The summed E-state index contributed by atoms with van der Waals surface area (Å²) in [6.45, 7) is 2.00. The number of rotatable bonds is 3. The molecule has 35 heavy (non-hydrogen) atoms. The summed E-state index contributed by atoms with van der Waals surface area (Å²) in [5.74, 6) is -0.335. The summed E-state index contributed by atoms with van der Waals surface area (Å²) in [6.07, 6.45) is -1.25. The molecule has 0 radical (unpaired) electrons. The normalized spacial score (nSPS) is 15.4.